The number of hydrogen-bond donors (Lipinski definition) is 2. The Kier molecular flexibility index (Phi) is 6.11. The minimum absolute atomic E-state index is 0.0989. The van der Waals surface area contributed by atoms with Gasteiger partial charge in [-0.1, -0.05) is 26.2 Å². The molecule has 9 heteroatoms. The van der Waals surface area contributed by atoms with Gasteiger partial charge in [-0.2, -0.15) is 31.4 Å². The average Bonchev–Trinajstić information content (AvgIpc) is 2.24. The predicted molar refractivity (Wildman–Crippen MR) is 57.4 cm³/mol. The highest BCUT2D eigenvalue weighted by atomic mass is 19.4. The molecule has 114 valence electrons. The highest BCUT2D eigenvalue weighted by molar-refractivity contribution is 5.62. The highest BCUT2D eigenvalue weighted by Crippen LogP contribution is 2.48. The number of aliphatic hydroxyl groups is 1. The monoisotopic (exact) mass is 294 g/mol. The molecule has 0 unspecified atom stereocenters. The molecule has 3 nitrogen and oxygen atoms in total. The maximum Gasteiger partial charge on any atom is 0.426 e. The van der Waals surface area contributed by atoms with E-state index in [1.807, 2.05) is 0 Å². The Labute approximate surface area is 106 Å². The van der Waals surface area contributed by atoms with Crippen molar-refractivity contribution in [2.45, 2.75) is 50.6 Å². The third kappa shape index (κ3) is 3.99. The molecule has 1 atom stereocenters. The summed E-state index contributed by atoms with van der Waals surface area (Å²) in [6.07, 6.45) is -10.8. The van der Waals surface area contributed by atoms with Crippen molar-refractivity contribution in [2.24, 2.45) is 16.9 Å². The normalized spacial score (nSPS) is 16.0. The molecule has 19 heavy (non-hydrogen) atoms. The Morgan fingerprint density at radius 1 is 1.11 bits per heavy atom. The van der Waals surface area contributed by atoms with Crippen molar-refractivity contribution in [1.29, 1.82) is 0 Å². The van der Waals surface area contributed by atoms with Crippen LogP contribution in [0.25, 0.3) is 0 Å². The molecule has 0 spiro atoms. The van der Waals surface area contributed by atoms with E-state index in [0.717, 1.165) is 0 Å². The minimum Gasteiger partial charge on any atom is -0.373 e. The van der Waals surface area contributed by atoms with Crippen molar-refractivity contribution in [3.05, 3.63) is 0 Å². The second kappa shape index (κ2) is 6.44. The Balaban J connectivity index is 5.40. The van der Waals surface area contributed by atoms with Crippen molar-refractivity contribution < 1.29 is 31.4 Å². The number of unbranched alkanes of at least 4 members (excludes halogenated alkanes) is 2. The summed E-state index contributed by atoms with van der Waals surface area (Å²) in [6, 6.07) is 0. The van der Waals surface area contributed by atoms with Gasteiger partial charge in [0.05, 0.1) is 0 Å². The van der Waals surface area contributed by atoms with E-state index in [1.165, 1.54) is 0 Å². The number of nitrogens with two attached hydrogens (primary N) is 1. The molecule has 3 N–H and O–H groups in total. The summed E-state index contributed by atoms with van der Waals surface area (Å²) in [6.45, 7) is 1.74. The van der Waals surface area contributed by atoms with Crippen molar-refractivity contribution >= 4 is 6.21 Å². The van der Waals surface area contributed by atoms with Gasteiger partial charge < -0.3 is 10.9 Å². The van der Waals surface area contributed by atoms with Crippen LogP contribution in [0.15, 0.2) is 5.10 Å². The van der Waals surface area contributed by atoms with E-state index in [1.54, 1.807) is 6.92 Å². The lowest BCUT2D eigenvalue weighted by Gasteiger charge is -2.37. The van der Waals surface area contributed by atoms with E-state index in [0.29, 0.717) is 19.1 Å². The van der Waals surface area contributed by atoms with Crippen LogP contribution in [0.2, 0.25) is 0 Å². The van der Waals surface area contributed by atoms with Crippen LogP contribution in [0.3, 0.4) is 0 Å². The largest absolute Gasteiger partial charge is 0.426 e. The van der Waals surface area contributed by atoms with Gasteiger partial charge in [0.25, 0.3) is 5.60 Å². The van der Waals surface area contributed by atoms with E-state index < -0.39 is 30.3 Å². The molecular weight excluding hydrogens is 278 g/mol. The Morgan fingerprint density at radius 2 is 1.58 bits per heavy atom. The van der Waals surface area contributed by atoms with Gasteiger partial charge in [0.2, 0.25) is 0 Å². The summed E-state index contributed by atoms with van der Waals surface area (Å²) in [5.41, 5.74) is -4.84. The third-order valence-corrected chi connectivity index (χ3v) is 2.79. The van der Waals surface area contributed by atoms with Crippen LogP contribution in [-0.4, -0.2) is 29.3 Å². The van der Waals surface area contributed by atoms with Gasteiger partial charge in [-0.3, -0.25) is 0 Å². The number of halogens is 6. The summed E-state index contributed by atoms with van der Waals surface area (Å²) in [5.74, 6) is 2.38. The van der Waals surface area contributed by atoms with E-state index >= 15 is 0 Å². The molecule has 0 amide bonds. The molecule has 0 heterocycles. The summed E-state index contributed by atoms with van der Waals surface area (Å²) < 4.78 is 75.7. The lowest BCUT2D eigenvalue weighted by Crippen LogP contribution is -2.62. The molecule has 0 aliphatic carbocycles. The third-order valence-electron chi connectivity index (χ3n) is 2.79. The topological polar surface area (TPSA) is 58.6 Å². The molecule has 0 radical (unpaired) electrons. The molecule has 0 saturated carbocycles. The molecule has 0 fully saturated rings. The maximum atomic E-state index is 12.6. The van der Waals surface area contributed by atoms with Crippen LogP contribution in [0.4, 0.5) is 26.3 Å². The van der Waals surface area contributed by atoms with E-state index in [9.17, 15) is 31.4 Å². The first-order valence-corrected chi connectivity index (χ1v) is 5.61. The number of alkyl halides is 6. The van der Waals surface area contributed by atoms with Gasteiger partial charge in [-0.05, 0) is 6.42 Å². The van der Waals surface area contributed by atoms with Gasteiger partial charge in [-0.25, -0.2) is 0 Å². The summed E-state index contributed by atoms with van der Waals surface area (Å²) >= 11 is 0. The average molecular weight is 294 g/mol. The van der Waals surface area contributed by atoms with Gasteiger partial charge >= 0.3 is 12.4 Å². The Morgan fingerprint density at radius 3 is 1.89 bits per heavy atom. The fourth-order valence-corrected chi connectivity index (χ4v) is 1.69. The van der Waals surface area contributed by atoms with Crippen LogP contribution < -0.4 is 5.84 Å². The number of hydrazone groups is 1. The molecule has 0 aromatic rings. The van der Waals surface area contributed by atoms with Crippen molar-refractivity contribution in [3.63, 3.8) is 0 Å². The standard InChI is InChI=1S/C10H16F6N2O/c1-2-3-4-5-7(6-18-17)8(19,9(11,12)13)10(14,15)16/h6-7,19H,2-5,17H2,1H3/b18-6-/t7-/m1/s1. The number of nitrogens with zero attached hydrogens (tertiary/aromatic N) is 1. The molecule has 0 aliphatic heterocycles. The van der Waals surface area contributed by atoms with Gasteiger partial charge in [0, 0.05) is 12.1 Å². The summed E-state index contributed by atoms with van der Waals surface area (Å²) in [5, 5.41) is 11.9. The zero-order valence-corrected chi connectivity index (χ0v) is 10.2. The Hall–Kier alpha value is -0.990. The first kappa shape index (κ1) is 18.0. The second-order valence-corrected chi connectivity index (χ2v) is 4.16. The van der Waals surface area contributed by atoms with E-state index in [-0.39, 0.29) is 6.42 Å². The van der Waals surface area contributed by atoms with Gasteiger partial charge in [0.15, 0.2) is 0 Å². The molecule has 0 bridgehead atoms. The van der Waals surface area contributed by atoms with Crippen LogP contribution in [0.1, 0.15) is 32.6 Å². The lowest BCUT2D eigenvalue weighted by molar-refractivity contribution is -0.378. The molecule has 0 aliphatic rings. The van der Waals surface area contributed by atoms with Crippen molar-refractivity contribution in [1.82, 2.24) is 0 Å². The lowest BCUT2D eigenvalue weighted by atomic mass is 9.83. The summed E-state index contributed by atoms with van der Waals surface area (Å²) in [7, 11) is 0. The molecule has 0 aromatic heterocycles. The van der Waals surface area contributed by atoms with Crippen molar-refractivity contribution in [2.75, 3.05) is 0 Å². The molecule has 0 rings (SSSR count). The fourth-order valence-electron chi connectivity index (χ4n) is 1.69. The quantitative estimate of drug-likeness (QED) is 0.260. The predicted octanol–water partition coefficient (Wildman–Crippen LogP) is 2.98. The second-order valence-electron chi connectivity index (χ2n) is 4.16. The maximum absolute atomic E-state index is 12.6. The van der Waals surface area contributed by atoms with Crippen LogP contribution in [-0.2, 0) is 0 Å². The first-order valence-electron chi connectivity index (χ1n) is 5.61. The van der Waals surface area contributed by atoms with Crippen LogP contribution in [0.5, 0.6) is 0 Å². The highest BCUT2D eigenvalue weighted by Gasteiger charge is 2.73. The first-order chi connectivity index (χ1) is 8.52. The van der Waals surface area contributed by atoms with Gasteiger partial charge in [0.1, 0.15) is 0 Å². The fraction of sp³-hybridized carbons (Fsp3) is 0.900. The smallest absolute Gasteiger partial charge is 0.373 e. The SMILES string of the molecule is CCCCC[C@H](/C=N\N)C(O)(C(F)(F)F)C(F)(F)F. The van der Waals surface area contributed by atoms with Crippen molar-refractivity contribution in [3.8, 4) is 0 Å². The summed E-state index contributed by atoms with van der Waals surface area (Å²) in [4.78, 5) is 0. The van der Waals surface area contributed by atoms with Gasteiger partial charge in [-0.15, -0.1) is 0 Å². The number of rotatable bonds is 6. The molecular formula is C10H16F6N2O. The zero-order chi connectivity index (χ0) is 15.3. The minimum atomic E-state index is -5.86. The molecule has 0 aromatic carbocycles. The Bertz CT molecular complexity index is 285. The van der Waals surface area contributed by atoms with E-state index in [2.05, 4.69) is 10.9 Å². The van der Waals surface area contributed by atoms with E-state index in [4.69, 9.17) is 0 Å². The zero-order valence-electron chi connectivity index (χ0n) is 10.2. The van der Waals surface area contributed by atoms with Crippen LogP contribution >= 0.6 is 0 Å². The number of hydrogen-bond acceptors (Lipinski definition) is 3. The molecule has 0 saturated heterocycles. The van der Waals surface area contributed by atoms with Crippen LogP contribution in [0, 0.1) is 5.92 Å².